The second-order valence-corrected chi connectivity index (χ2v) is 6.20. The van der Waals surface area contributed by atoms with E-state index < -0.39 is 5.97 Å². The minimum absolute atomic E-state index is 0.164. The molecule has 1 aromatic carbocycles. The predicted octanol–water partition coefficient (Wildman–Crippen LogP) is 3.83. The van der Waals surface area contributed by atoms with Crippen LogP contribution in [0.15, 0.2) is 48.1 Å². The van der Waals surface area contributed by atoms with E-state index in [-0.39, 0.29) is 17.5 Å². The molecule has 1 saturated heterocycles. The molecule has 1 heterocycles. The van der Waals surface area contributed by atoms with E-state index in [0.29, 0.717) is 13.0 Å². The fourth-order valence-corrected chi connectivity index (χ4v) is 2.78. The van der Waals surface area contributed by atoms with Crippen LogP contribution in [0.4, 0.5) is 0 Å². The quantitative estimate of drug-likeness (QED) is 0.774. The number of rotatable bonds is 7. The smallest absolute Gasteiger partial charge is 0.335 e. The van der Waals surface area contributed by atoms with E-state index in [2.05, 4.69) is 32.1 Å². The van der Waals surface area contributed by atoms with Crippen LogP contribution < -0.4 is 0 Å². The summed E-state index contributed by atoms with van der Waals surface area (Å²) in [5, 5.41) is 8.92. The number of carboxylic acids is 1. The first kappa shape index (κ1) is 18.0. The maximum atomic E-state index is 12.1. The fraction of sp³-hybridized carbons (Fsp3) is 0.400. The van der Waals surface area contributed by atoms with Crippen LogP contribution in [0.5, 0.6) is 0 Å². The van der Waals surface area contributed by atoms with Gasteiger partial charge in [-0.05, 0) is 43.9 Å². The molecular weight excluding hydrogens is 302 g/mol. The lowest BCUT2D eigenvalue weighted by atomic mass is 10.1. The van der Waals surface area contributed by atoms with Crippen LogP contribution in [0, 0.1) is 0 Å². The molecule has 4 nitrogen and oxygen atoms in total. The van der Waals surface area contributed by atoms with Crippen LogP contribution in [0.25, 0.3) is 0 Å². The molecule has 1 N–H and O–H groups in total. The molecule has 0 saturated carbocycles. The molecule has 0 unspecified atom stereocenters. The van der Waals surface area contributed by atoms with Crippen molar-refractivity contribution in [3.05, 3.63) is 59.2 Å². The average Bonchev–Trinajstić information content (AvgIpc) is 2.93. The van der Waals surface area contributed by atoms with Gasteiger partial charge in [-0.15, -0.1) is 0 Å². The highest BCUT2D eigenvalue weighted by Gasteiger charge is 2.28. The van der Waals surface area contributed by atoms with Crippen LogP contribution in [0.2, 0.25) is 0 Å². The summed E-state index contributed by atoms with van der Waals surface area (Å²) in [5.41, 5.74) is 2.65. The molecule has 1 aliphatic heterocycles. The van der Waals surface area contributed by atoms with Crippen LogP contribution in [-0.4, -0.2) is 34.5 Å². The SMILES string of the molecule is CC/C(C)=C/C=C\[C@H]1CCC(=O)N1CCc1ccc(C(=O)O)cc1. The van der Waals surface area contributed by atoms with Crippen LogP contribution in [0.1, 0.15) is 49.0 Å². The van der Waals surface area contributed by atoms with Gasteiger partial charge >= 0.3 is 5.97 Å². The minimum Gasteiger partial charge on any atom is -0.478 e. The lowest BCUT2D eigenvalue weighted by Gasteiger charge is -2.22. The zero-order valence-corrected chi connectivity index (χ0v) is 14.4. The van der Waals surface area contributed by atoms with Gasteiger partial charge in [0.25, 0.3) is 0 Å². The van der Waals surface area contributed by atoms with E-state index in [1.165, 1.54) is 5.57 Å². The molecule has 1 atom stereocenters. The second kappa shape index (κ2) is 8.48. The maximum absolute atomic E-state index is 12.1. The summed E-state index contributed by atoms with van der Waals surface area (Å²) in [5.74, 6) is -0.722. The molecule has 0 aromatic heterocycles. The fourth-order valence-electron chi connectivity index (χ4n) is 2.78. The van der Waals surface area contributed by atoms with Crippen molar-refractivity contribution in [2.24, 2.45) is 0 Å². The van der Waals surface area contributed by atoms with Gasteiger partial charge < -0.3 is 10.0 Å². The molecule has 0 aliphatic carbocycles. The number of amides is 1. The Morgan fingerprint density at radius 2 is 2.04 bits per heavy atom. The Kier molecular flexibility index (Phi) is 6.36. The number of carbonyl (C=O) groups is 2. The normalized spacial score (nSPS) is 18.6. The molecule has 1 aliphatic rings. The second-order valence-electron chi connectivity index (χ2n) is 6.20. The van der Waals surface area contributed by atoms with Crippen molar-refractivity contribution in [1.82, 2.24) is 4.90 Å². The van der Waals surface area contributed by atoms with Gasteiger partial charge in [-0.1, -0.05) is 42.9 Å². The van der Waals surface area contributed by atoms with E-state index in [1.54, 1.807) is 12.1 Å². The summed E-state index contributed by atoms with van der Waals surface area (Å²) < 4.78 is 0. The Hall–Kier alpha value is -2.36. The number of likely N-dealkylation sites (tertiary alicyclic amines) is 1. The topological polar surface area (TPSA) is 57.6 Å². The zero-order valence-electron chi connectivity index (χ0n) is 14.4. The summed E-state index contributed by atoms with van der Waals surface area (Å²) in [7, 11) is 0. The van der Waals surface area contributed by atoms with E-state index in [4.69, 9.17) is 5.11 Å². The van der Waals surface area contributed by atoms with Crippen molar-refractivity contribution >= 4 is 11.9 Å². The monoisotopic (exact) mass is 327 g/mol. The van der Waals surface area contributed by atoms with Crippen LogP contribution in [0.3, 0.4) is 0 Å². The Balaban J connectivity index is 1.96. The van der Waals surface area contributed by atoms with Gasteiger partial charge in [0.1, 0.15) is 0 Å². The van der Waals surface area contributed by atoms with Crippen molar-refractivity contribution in [2.75, 3.05) is 6.54 Å². The van der Waals surface area contributed by atoms with Gasteiger partial charge in [-0.2, -0.15) is 0 Å². The average molecular weight is 327 g/mol. The lowest BCUT2D eigenvalue weighted by molar-refractivity contribution is -0.128. The maximum Gasteiger partial charge on any atom is 0.335 e. The third kappa shape index (κ3) is 4.82. The Bertz CT molecular complexity index is 643. The molecule has 4 heteroatoms. The van der Waals surface area contributed by atoms with E-state index >= 15 is 0 Å². The van der Waals surface area contributed by atoms with E-state index in [0.717, 1.165) is 24.8 Å². The molecule has 1 fully saturated rings. The van der Waals surface area contributed by atoms with Crippen molar-refractivity contribution in [3.63, 3.8) is 0 Å². The summed E-state index contributed by atoms with van der Waals surface area (Å²) in [6.07, 6.45) is 9.50. The molecule has 0 radical (unpaired) electrons. The number of carboxylic acid groups (broad SMARTS) is 1. The van der Waals surface area contributed by atoms with E-state index in [9.17, 15) is 9.59 Å². The summed E-state index contributed by atoms with van der Waals surface area (Å²) in [4.78, 5) is 24.9. The van der Waals surface area contributed by atoms with Gasteiger partial charge in [0.05, 0.1) is 11.6 Å². The molecule has 24 heavy (non-hydrogen) atoms. The predicted molar refractivity (Wildman–Crippen MR) is 95.0 cm³/mol. The largest absolute Gasteiger partial charge is 0.478 e. The zero-order chi connectivity index (χ0) is 17.5. The molecule has 2 rings (SSSR count). The highest BCUT2D eigenvalue weighted by Crippen LogP contribution is 2.20. The standard InChI is InChI=1S/C20H25NO3/c1-3-15(2)5-4-6-18-11-12-19(22)21(18)14-13-16-7-9-17(10-8-16)20(23)24/h4-10,18H,3,11-14H2,1-2H3,(H,23,24)/b6-4-,15-5+/t18-/m0/s1. The van der Waals surface area contributed by atoms with Crippen molar-refractivity contribution in [1.29, 1.82) is 0 Å². The van der Waals surface area contributed by atoms with Gasteiger partial charge in [-0.3, -0.25) is 4.79 Å². The highest BCUT2D eigenvalue weighted by molar-refractivity contribution is 5.87. The lowest BCUT2D eigenvalue weighted by Crippen LogP contribution is -2.33. The number of nitrogens with zero attached hydrogens (tertiary/aromatic N) is 1. The Morgan fingerprint density at radius 1 is 1.33 bits per heavy atom. The highest BCUT2D eigenvalue weighted by atomic mass is 16.4. The van der Waals surface area contributed by atoms with Gasteiger partial charge in [0, 0.05) is 13.0 Å². The summed E-state index contributed by atoms with van der Waals surface area (Å²) >= 11 is 0. The first-order chi connectivity index (χ1) is 11.5. The van der Waals surface area contributed by atoms with Crippen molar-refractivity contribution in [3.8, 4) is 0 Å². The van der Waals surface area contributed by atoms with Gasteiger partial charge in [-0.25, -0.2) is 4.79 Å². The summed E-state index contributed by atoms with van der Waals surface area (Å²) in [6, 6.07) is 7.03. The number of hydrogen-bond acceptors (Lipinski definition) is 2. The third-order valence-electron chi connectivity index (χ3n) is 4.49. The Morgan fingerprint density at radius 3 is 2.67 bits per heavy atom. The number of aromatic carboxylic acids is 1. The molecular formula is C20H25NO3. The molecule has 1 aromatic rings. The van der Waals surface area contributed by atoms with Crippen LogP contribution >= 0.6 is 0 Å². The Labute approximate surface area is 143 Å². The van der Waals surface area contributed by atoms with Gasteiger partial charge in [0.2, 0.25) is 5.91 Å². The molecule has 128 valence electrons. The number of hydrogen-bond donors (Lipinski definition) is 1. The van der Waals surface area contributed by atoms with Crippen LogP contribution in [-0.2, 0) is 11.2 Å². The third-order valence-corrected chi connectivity index (χ3v) is 4.49. The summed E-state index contributed by atoms with van der Waals surface area (Å²) in [6.45, 7) is 4.89. The molecule has 0 bridgehead atoms. The molecule has 1 amide bonds. The van der Waals surface area contributed by atoms with E-state index in [1.807, 2.05) is 17.0 Å². The van der Waals surface area contributed by atoms with Crippen molar-refractivity contribution in [2.45, 2.75) is 45.6 Å². The number of benzene rings is 1. The van der Waals surface area contributed by atoms with Gasteiger partial charge in [0.15, 0.2) is 0 Å². The first-order valence-electron chi connectivity index (χ1n) is 8.47. The number of carbonyl (C=O) groups excluding carboxylic acids is 1. The molecule has 0 spiro atoms. The van der Waals surface area contributed by atoms with Crippen molar-refractivity contribution < 1.29 is 14.7 Å². The first-order valence-corrected chi connectivity index (χ1v) is 8.47. The minimum atomic E-state index is -0.920. The number of allylic oxidation sites excluding steroid dienone is 3.